The molecule has 146 valence electrons. The van der Waals surface area contributed by atoms with Crippen LogP contribution in [0.1, 0.15) is 34.3 Å². The Morgan fingerprint density at radius 3 is 2.33 bits per heavy atom. The Labute approximate surface area is 157 Å². The fourth-order valence-electron chi connectivity index (χ4n) is 2.64. The number of carbonyl (C=O) groups excluding carboxylic acids is 1. The van der Waals surface area contributed by atoms with Crippen LogP contribution in [0.25, 0.3) is 0 Å². The van der Waals surface area contributed by atoms with Crippen molar-refractivity contribution in [3.05, 3.63) is 46.8 Å². The van der Waals surface area contributed by atoms with Crippen molar-refractivity contribution in [3.63, 3.8) is 0 Å². The third kappa shape index (κ3) is 4.72. The summed E-state index contributed by atoms with van der Waals surface area (Å²) in [6, 6.07) is 5.09. The maximum Gasteiger partial charge on any atom is 0.335 e. The number of aromatic nitrogens is 1. The van der Waals surface area contributed by atoms with Crippen molar-refractivity contribution in [3.8, 4) is 0 Å². The minimum Gasteiger partial charge on any atom is -0.478 e. The number of hydrogen-bond acceptors (Lipinski definition) is 6. The van der Waals surface area contributed by atoms with Gasteiger partial charge in [-0.05, 0) is 38.5 Å². The molecule has 1 aromatic carbocycles. The molecule has 0 bridgehead atoms. The van der Waals surface area contributed by atoms with E-state index >= 15 is 0 Å². The predicted octanol–water partition coefficient (Wildman–Crippen LogP) is 1.32. The molecule has 27 heavy (non-hydrogen) atoms. The third-order valence-electron chi connectivity index (χ3n) is 3.94. The first-order valence-electron chi connectivity index (χ1n) is 8.05. The first kappa shape index (κ1) is 20.6. The van der Waals surface area contributed by atoms with Crippen molar-refractivity contribution < 1.29 is 27.6 Å². The van der Waals surface area contributed by atoms with Crippen molar-refractivity contribution in [2.24, 2.45) is 0 Å². The number of carboxylic acid groups (broad SMARTS) is 1. The van der Waals surface area contributed by atoms with Gasteiger partial charge in [-0.25, -0.2) is 13.2 Å². The smallest absolute Gasteiger partial charge is 0.335 e. The van der Waals surface area contributed by atoms with Gasteiger partial charge in [-0.2, -0.15) is 4.72 Å². The van der Waals surface area contributed by atoms with Crippen LogP contribution in [-0.2, 0) is 21.4 Å². The molecule has 10 heteroatoms. The van der Waals surface area contributed by atoms with Gasteiger partial charge in [-0.15, -0.1) is 0 Å². The van der Waals surface area contributed by atoms with Gasteiger partial charge in [0.1, 0.15) is 10.6 Å². The van der Waals surface area contributed by atoms with E-state index in [-0.39, 0.29) is 28.5 Å². The Bertz CT molecular complexity index is 930. The first-order chi connectivity index (χ1) is 12.5. The molecule has 1 unspecified atom stereocenters. The topological polar surface area (TPSA) is 130 Å². The van der Waals surface area contributed by atoms with Crippen molar-refractivity contribution in [1.82, 2.24) is 14.8 Å². The molecule has 0 saturated heterocycles. The molecule has 2 rings (SSSR count). The van der Waals surface area contributed by atoms with Gasteiger partial charge >= 0.3 is 5.97 Å². The van der Waals surface area contributed by atoms with Gasteiger partial charge in [-0.3, -0.25) is 4.79 Å². The van der Waals surface area contributed by atoms with Crippen molar-refractivity contribution >= 4 is 21.9 Å². The Morgan fingerprint density at radius 1 is 1.26 bits per heavy atom. The zero-order chi connectivity index (χ0) is 20.4. The Hall–Kier alpha value is -2.72. The molecule has 1 amide bonds. The SMILES string of the molecule is Cc1noc(C)c1S(=O)(=O)NC(C)C(=O)N(C)Cc1ccc(C(=O)O)cc1. The lowest BCUT2D eigenvalue weighted by Crippen LogP contribution is -2.45. The Balaban J connectivity index is 2.06. The average molecular weight is 395 g/mol. The molecule has 1 aromatic heterocycles. The molecule has 0 aliphatic carbocycles. The Morgan fingerprint density at radius 2 is 1.85 bits per heavy atom. The summed E-state index contributed by atoms with van der Waals surface area (Å²) in [7, 11) is -2.43. The zero-order valence-electron chi connectivity index (χ0n) is 15.4. The number of aromatic carboxylic acids is 1. The van der Waals surface area contributed by atoms with E-state index in [0.717, 1.165) is 5.56 Å². The van der Waals surface area contributed by atoms with Crippen LogP contribution in [0.4, 0.5) is 0 Å². The molecule has 9 nitrogen and oxygen atoms in total. The molecule has 0 aliphatic rings. The van der Waals surface area contributed by atoms with Crippen LogP contribution >= 0.6 is 0 Å². The van der Waals surface area contributed by atoms with Crippen LogP contribution in [0.3, 0.4) is 0 Å². The van der Waals surface area contributed by atoms with Crippen LogP contribution in [0.2, 0.25) is 0 Å². The summed E-state index contributed by atoms with van der Waals surface area (Å²) in [5.74, 6) is -1.33. The highest BCUT2D eigenvalue weighted by Crippen LogP contribution is 2.19. The molecule has 1 heterocycles. The van der Waals surface area contributed by atoms with E-state index in [0.29, 0.717) is 0 Å². The molecule has 2 N–H and O–H groups in total. The maximum absolute atomic E-state index is 12.5. The summed E-state index contributed by atoms with van der Waals surface area (Å²) in [5.41, 5.74) is 1.08. The second kappa shape index (κ2) is 7.89. The number of benzene rings is 1. The van der Waals surface area contributed by atoms with E-state index in [4.69, 9.17) is 9.63 Å². The number of sulfonamides is 1. The summed E-state index contributed by atoms with van der Waals surface area (Å²) < 4.78 is 32.2. The van der Waals surface area contributed by atoms with Crippen molar-refractivity contribution in [2.75, 3.05) is 7.05 Å². The number of nitrogens with one attached hydrogen (secondary N) is 1. The van der Waals surface area contributed by atoms with E-state index in [1.807, 2.05) is 0 Å². The minimum atomic E-state index is -3.96. The second-order valence-electron chi connectivity index (χ2n) is 6.19. The summed E-state index contributed by atoms with van der Waals surface area (Å²) in [5, 5.41) is 12.5. The summed E-state index contributed by atoms with van der Waals surface area (Å²) in [4.78, 5) is 24.7. The number of likely N-dealkylation sites (N-methyl/N-ethyl adjacent to an activating group) is 1. The van der Waals surface area contributed by atoms with Crippen molar-refractivity contribution in [2.45, 2.75) is 38.3 Å². The van der Waals surface area contributed by atoms with E-state index < -0.39 is 27.9 Å². The molecule has 0 aliphatic heterocycles. The first-order valence-corrected chi connectivity index (χ1v) is 9.53. The standard InChI is InChI=1S/C17H21N3O6S/c1-10-15(12(3)26-18-10)27(24,25)19-11(2)16(21)20(4)9-13-5-7-14(8-6-13)17(22)23/h5-8,11,19H,9H2,1-4H3,(H,22,23). The van der Waals surface area contributed by atoms with Crippen LogP contribution < -0.4 is 4.72 Å². The normalized spacial score (nSPS) is 12.6. The lowest BCUT2D eigenvalue weighted by molar-refractivity contribution is -0.131. The molecule has 0 spiro atoms. The number of aryl methyl sites for hydroxylation is 2. The highest BCUT2D eigenvalue weighted by molar-refractivity contribution is 7.89. The van der Waals surface area contributed by atoms with Crippen LogP contribution in [0.5, 0.6) is 0 Å². The lowest BCUT2D eigenvalue weighted by Gasteiger charge is -2.22. The van der Waals surface area contributed by atoms with E-state index in [1.165, 1.54) is 44.9 Å². The molecule has 0 saturated carbocycles. The lowest BCUT2D eigenvalue weighted by atomic mass is 10.1. The maximum atomic E-state index is 12.5. The third-order valence-corrected chi connectivity index (χ3v) is 5.72. The monoisotopic (exact) mass is 395 g/mol. The number of nitrogens with zero attached hydrogens (tertiary/aromatic N) is 2. The van der Waals surface area contributed by atoms with Crippen molar-refractivity contribution in [1.29, 1.82) is 0 Å². The van der Waals surface area contributed by atoms with Gasteiger partial charge in [0.2, 0.25) is 15.9 Å². The van der Waals surface area contributed by atoms with Gasteiger partial charge < -0.3 is 14.5 Å². The highest BCUT2D eigenvalue weighted by Gasteiger charge is 2.29. The summed E-state index contributed by atoms with van der Waals surface area (Å²) in [6.45, 7) is 4.64. The van der Waals surface area contributed by atoms with E-state index in [2.05, 4.69) is 9.88 Å². The molecule has 2 aromatic rings. The molecular weight excluding hydrogens is 374 g/mol. The van der Waals surface area contributed by atoms with Crippen LogP contribution in [-0.4, -0.2) is 48.5 Å². The molecule has 0 fully saturated rings. The number of rotatable bonds is 7. The molecular formula is C17H21N3O6S. The zero-order valence-corrected chi connectivity index (χ0v) is 16.2. The minimum absolute atomic E-state index is 0.0749. The number of amides is 1. The average Bonchev–Trinajstić information content (AvgIpc) is 2.93. The van der Waals surface area contributed by atoms with Gasteiger partial charge in [0.15, 0.2) is 5.76 Å². The molecule has 1 atom stereocenters. The summed E-state index contributed by atoms with van der Waals surface area (Å²) >= 11 is 0. The van der Waals surface area contributed by atoms with Gasteiger partial charge in [0.25, 0.3) is 0 Å². The number of carbonyl (C=O) groups is 2. The fourth-order valence-corrected chi connectivity index (χ4v) is 4.16. The molecule has 0 radical (unpaired) electrons. The van der Waals surface area contributed by atoms with E-state index in [9.17, 15) is 18.0 Å². The largest absolute Gasteiger partial charge is 0.478 e. The summed E-state index contributed by atoms with van der Waals surface area (Å²) in [6.07, 6.45) is 0. The van der Waals surface area contributed by atoms with Crippen LogP contribution in [0.15, 0.2) is 33.7 Å². The van der Waals surface area contributed by atoms with E-state index in [1.54, 1.807) is 12.1 Å². The van der Waals surface area contributed by atoms with Gasteiger partial charge in [0.05, 0.1) is 11.6 Å². The number of hydrogen-bond donors (Lipinski definition) is 2. The second-order valence-corrected chi connectivity index (χ2v) is 7.84. The fraction of sp³-hybridized carbons (Fsp3) is 0.353. The van der Waals surface area contributed by atoms with Gasteiger partial charge in [0, 0.05) is 13.6 Å². The Kier molecular flexibility index (Phi) is 6.01. The van der Waals surface area contributed by atoms with Gasteiger partial charge in [-0.1, -0.05) is 17.3 Å². The quantitative estimate of drug-likeness (QED) is 0.723. The number of carboxylic acids is 1. The predicted molar refractivity (Wildman–Crippen MR) is 95.6 cm³/mol. The highest BCUT2D eigenvalue weighted by atomic mass is 32.2. The van der Waals surface area contributed by atoms with Crippen LogP contribution in [0, 0.1) is 13.8 Å².